The molecule has 0 spiro atoms. The van der Waals surface area contributed by atoms with E-state index in [0.717, 1.165) is 31.1 Å². The molecule has 2 rings (SSSR count). The Morgan fingerprint density at radius 3 is 2.76 bits per heavy atom. The van der Waals surface area contributed by atoms with Gasteiger partial charge in [0, 0.05) is 24.7 Å². The summed E-state index contributed by atoms with van der Waals surface area (Å²) in [5, 5.41) is 8.87. The number of sulfonamides is 1. The number of hydrogen-bond donors (Lipinski definition) is 2. The predicted molar refractivity (Wildman–Crippen MR) is 94.8 cm³/mol. The van der Waals surface area contributed by atoms with Gasteiger partial charge in [0.2, 0.25) is 15.9 Å². The van der Waals surface area contributed by atoms with E-state index in [1.165, 1.54) is 0 Å². The number of nitrogens with zero attached hydrogens (tertiary/aromatic N) is 1. The van der Waals surface area contributed by atoms with Gasteiger partial charge in [-0.2, -0.15) is 0 Å². The van der Waals surface area contributed by atoms with E-state index < -0.39 is 16.0 Å². The van der Waals surface area contributed by atoms with Crippen LogP contribution in [0.15, 0.2) is 24.3 Å². The number of nitrogens with one attached hydrogen (secondary N) is 1. The molecule has 25 heavy (non-hydrogen) atoms. The number of aliphatic carboxylic acids is 1. The molecule has 0 aromatic heterocycles. The lowest BCUT2D eigenvalue weighted by molar-refractivity contribution is -0.139. The molecule has 0 saturated carbocycles. The molecule has 1 aromatic carbocycles. The summed E-state index contributed by atoms with van der Waals surface area (Å²) in [4.78, 5) is 25.2. The van der Waals surface area contributed by atoms with E-state index in [2.05, 4.69) is 4.72 Å². The molecule has 2 N–H and O–H groups in total. The zero-order chi connectivity index (χ0) is 18.4. The minimum Gasteiger partial charge on any atom is -0.481 e. The summed E-state index contributed by atoms with van der Waals surface area (Å²) in [7, 11) is -3.37. The lowest BCUT2D eigenvalue weighted by atomic mass is 9.97. The van der Waals surface area contributed by atoms with E-state index >= 15 is 0 Å². The number of rotatable bonds is 7. The van der Waals surface area contributed by atoms with Crippen LogP contribution in [0.25, 0.3) is 0 Å². The molecule has 0 bridgehead atoms. The van der Waals surface area contributed by atoms with E-state index in [1.807, 2.05) is 0 Å². The Hall–Kier alpha value is -2.09. The molecule has 1 atom stereocenters. The van der Waals surface area contributed by atoms with Crippen LogP contribution in [-0.2, 0) is 26.0 Å². The largest absolute Gasteiger partial charge is 0.481 e. The maximum absolute atomic E-state index is 12.7. The Labute approximate surface area is 148 Å². The standard InChI is InChI=1S/C17H24N2O5S/c1-25(23,24)18-14-6-4-5-13(11-14)12-16(20)19-10-3-2-7-15(19)8-9-17(21)22/h4-6,11,15,18H,2-3,7-10,12H2,1H3,(H,21,22). The second-order valence-electron chi connectivity index (χ2n) is 6.42. The van der Waals surface area contributed by atoms with Crippen LogP contribution < -0.4 is 4.72 Å². The smallest absolute Gasteiger partial charge is 0.303 e. The zero-order valence-electron chi connectivity index (χ0n) is 14.3. The van der Waals surface area contributed by atoms with Crippen molar-refractivity contribution in [3.8, 4) is 0 Å². The number of carboxylic acids is 1. The summed E-state index contributed by atoms with van der Waals surface area (Å²) in [6.45, 7) is 0.643. The van der Waals surface area contributed by atoms with Gasteiger partial charge in [-0.05, 0) is 43.4 Å². The Morgan fingerprint density at radius 2 is 2.08 bits per heavy atom. The third kappa shape index (κ3) is 6.38. The van der Waals surface area contributed by atoms with E-state index in [4.69, 9.17) is 5.11 Å². The molecular formula is C17H24N2O5S. The average Bonchev–Trinajstić information content (AvgIpc) is 2.51. The van der Waals surface area contributed by atoms with Gasteiger partial charge in [-0.25, -0.2) is 8.42 Å². The first-order valence-corrected chi connectivity index (χ1v) is 10.2. The number of hydrogen-bond acceptors (Lipinski definition) is 4. The van der Waals surface area contributed by atoms with Crippen LogP contribution in [0.2, 0.25) is 0 Å². The summed E-state index contributed by atoms with van der Waals surface area (Å²) in [5.41, 5.74) is 1.15. The van der Waals surface area contributed by atoms with Gasteiger partial charge in [-0.1, -0.05) is 12.1 Å². The fourth-order valence-electron chi connectivity index (χ4n) is 3.15. The molecular weight excluding hydrogens is 344 g/mol. The number of carbonyl (C=O) groups excluding carboxylic acids is 1. The fourth-order valence-corrected chi connectivity index (χ4v) is 3.71. The molecule has 0 aliphatic carbocycles. The number of anilines is 1. The zero-order valence-corrected chi connectivity index (χ0v) is 15.1. The summed E-state index contributed by atoms with van der Waals surface area (Å²) >= 11 is 0. The van der Waals surface area contributed by atoms with Crippen molar-refractivity contribution < 1.29 is 23.1 Å². The molecule has 1 fully saturated rings. The van der Waals surface area contributed by atoms with Gasteiger partial charge in [-0.15, -0.1) is 0 Å². The van der Waals surface area contributed by atoms with Crippen molar-refractivity contribution in [2.24, 2.45) is 0 Å². The van der Waals surface area contributed by atoms with Crippen LogP contribution in [0.1, 0.15) is 37.7 Å². The molecule has 8 heteroatoms. The van der Waals surface area contributed by atoms with Crippen molar-refractivity contribution in [3.63, 3.8) is 0 Å². The van der Waals surface area contributed by atoms with E-state index in [1.54, 1.807) is 29.2 Å². The molecule has 1 aromatic rings. The number of amides is 1. The minimum absolute atomic E-state index is 0.0327. The Morgan fingerprint density at radius 1 is 1.32 bits per heavy atom. The summed E-state index contributed by atoms with van der Waals surface area (Å²) < 4.78 is 25.0. The number of carboxylic acid groups (broad SMARTS) is 1. The molecule has 0 radical (unpaired) electrons. The monoisotopic (exact) mass is 368 g/mol. The molecule has 138 valence electrons. The van der Waals surface area contributed by atoms with Crippen molar-refractivity contribution in [3.05, 3.63) is 29.8 Å². The topological polar surface area (TPSA) is 104 Å². The lowest BCUT2D eigenvalue weighted by Crippen LogP contribution is -2.44. The highest BCUT2D eigenvalue weighted by atomic mass is 32.2. The van der Waals surface area contributed by atoms with Gasteiger partial charge in [0.1, 0.15) is 0 Å². The van der Waals surface area contributed by atoms with E-state index in [-0.39, 0.29) is 24.8 Å². The highest BCUT2D eigenvalue weighted by Crippen LogP contribution is 2.22. The van der Waals surface area contributed by atoms with Crippen molar-refractivity contribution in [2.45, 2.75) is 44.6 Å². The van der Waals surface area contributed by atoms with Gasteiger partial charge in [0.15, 0.2) is 0 Å². The van der Waals surface area contributed by atoms with Gasteiger partial charge >= 0.3 is 5.97 Å². The number of carbonyl (C=O) groups is 2. The molecule has 1 heterocycles. The molecule has 1 amide bonds. The lowest BCUT2D eigenvalue weighted by Gasteiger charge is -2.36. The first kappa shape index (κ1) is 19.2. The van der Waals surface area contributed by atoms with Gasteiger partial charge in [0.05, 0.1) is 12.7 Å². The normalized spacial score (nSPS) is 18.0. The predicted octanol–water partition coefficient (Wildman–Crippen LogP) is 1.85. The van der Waals surface area contributed by atoms with E-state index in [9.17, 15) is 18.0 Å². The molecule has 1 saturated heterocycles. The molecule has 7 nitrogen and oxygen atoms in total. The second kappa shape index (κ2) is 8.33. The van der Waals surface area contributed by atoms with Crippen molar-refractivity contribution >= 4 is 27.6 Å². The maximum atomic E-state index is 12.7. The minimum atomic E-state index is -3.37. The number of piperidine rings is 1. The Balaban J connectivity index is 2.04. The fraction of sp³-hybridized carbons (Fsp3) is 0.529. The van der Waals surface area contributed by atoms with Crippen molar-refractivity contribution in [1.29, 1.82) is 0 Å². The quantitative estimate of drug-likeness (QED) is 0.764. The molecule has 1 aliphatic heterocycles. The highest BCUT2D eigenvalue weighted by Gasteiger charge is 2.26. The SMILES string of the molecule is CS(=O)(=O)Nc1cccc(CC(=O)N2CCCCC2CCC(=O)O)c1. The Kier molecular flexibility index (Phi) is 6.41. The third-order valence-corrected chi connectivity index (χ3v) is 4.83. The summed E-state index contributed by atoms with van der Waals surface area (Å²) in [6, 6.07) is 6.73. The molecule has 1 aliphatic rings. The van der Waals surface area contributed by atoms with Gasteiger partial charge in [-0.3, -0.25) is 14.3 Å². The average molecular weight is 368 g/mol. The number of benzene rings is 1. The first-order chi connectivity index (χ1) is 11.7. The number of likely N-dealkylation sites (tertiary alicyclic amines) is 1. The van der Waals surface area contributed by atoms with Gasteiger partial charge in [0.25, 0.3) is 0 Å². The summed E-state index contributed by atoms with van der Waals surface area (Å²) in [5.74, 6) is -0.899. The van der Waals surface area contributed by atoms with Crippen LogP contribution in [0.5, 0.6) is 0 Å². The van der Waals surface area contributed by atoms with E-state index in [0.29, 0.717) is 18.7 Å². The van der Waals surface area contributed by atoms with Crippen LogP contribution in [-0.4, -0.2) is 49.1 Å². The second-order valence-corrected chi connectivity index (χ2v) is 8.17. The summed E-state index contributed by atoms with van der Waals surface area (Å²) in [6.07, 6.45) is 4.52. The first-order valence-electron chi connectivity index (χ1n) is 8.32. The van der Waals surface area contributed by atoms with Gasteiger partial charge < -0.3 is 10.0 Å². The van der Waals surface area contributed by atoms with Crippen LogP contribution in [0.3, 0.4) is 0 Å². The van der Waals surface area contributed by atoms with Crippen LogP contribution >= 0.6 is 0 Å². The van der Waals surface area contributed by atoms with Crippen molar-refractivity contribution in [2.75, 3.05) is 17.5 Å². The van der Waals surface area contributed by atoms with Crippen LogP contribution in [0, 0.1) is 0 Å². The molecule has 1 unspecified atom stereocenters. The highest BCUT2D eigenvalue weighted by molar-refractivity contribution is 7.92. The van der Waals surface area contributed by atoms with Crippen LogP contribution in [0.4, 0.5) is 5.69 Å². The third-order valence-electron chi connectivity index (χ3n) is 4.22. The maximum Gasteiger partial charge on any atom is 0.303 e. The Bertz CT molecular complexity index is 732. The van der Waals surface area contributed by atoms with Crippen molar-refractivity contribution in [1.82, 2.24) is 4.90 Å².